The molecule has 0 radical (unpaired) electrons. The SMILES string of the molecule is CC/C=C\C/C=C\C/C=C\C/C=C\CCCCCCCCCCCCCCCCCCCCCCCCC(=O)NC(COP(=O)([O-])OCC[N+](C)(C)C)C(O)/C=C/CCCCCCCCCCCCCC. The summed E-state index contributed by atoms with van der Waals surface area (Å²) in [5.74, 6) is -0.194. The van der Waals surface area contributed by atoms with E-state index < -0.39 is 20.0 Å². The van der Waals surface area contributed by atoms with Crippen LogP contribution in [0, 0.1) is 0 Å². The smallest absolute Gasteiger partial charge is 0.268 e. The number of carbonyl (C=O) groups excluding carboxylic acids is 1. The molecule has 8 nitrogen and oxygen atoms in total. The molecule has 416 valence electrons. The fourth-order valence-corrected chi connectivity index (χ4v) is 9.52. The minimum absolute atomic E-state index is 0.000300. The highest BCUT2D eigenvalue weighted by Crippen LogP contribution is 2.38. The number of phosphoric ester groups is 1. The molecule has 0 aliphatic rings. The fourth-order valence-electron chi connectivity index (χ4n) is 8.79. The molecule has 71 heavy (non-hydrogen) atoms. The van der Waals surface area contributed by atoms with E-state index in [2.05, 4.69) is 67.8 Å². The van der Waals surface area contributed by atoms with Gasteiger partial charge in [0.15, 0.2) is 0 Å². The summed E-state index contributed by atoms with van der Waals surface area (Å²) in [5.41, 5.74) is 0. The van der Waals surface area contributed by atoms with Crippen LogP contribution in [0.25, 0.3) is 0 Å². The lowest BCUT2D eigenvalue weighted by molar-refractivity contribution is -0.870. The van der Waals surface area contributed by atoms with Crippen LogP contribution in [-0.4, -0.2) is 68.5 Å². The number of likely N-dealkylation sites (N-methyl/N-ethyl adjacent to an activating group) is 1. The molecule has 0 aromatic heterocycles. The molecule has 0 bridgehead atoms. The number of hydrogen-bond donors (Lipinski definition) is 2. The number of nitrogens with one attached hydrogen (secondary N) is 1. The lowest BCUT2D eigenvalue weighted by Gasteiger charge is -2.29. The highest BCUT2D eigenvalue weighted by molar-refractivity contribution is 7.45. The summed E-state index contributed by atoms with van der Waals surface area (Å²) >= 11 is 0. The van der Waals surface area contributed by atoms with Gasteiger partial charge in [0.05, 0.1) is 39.9 Å². The molecule has 2 N–H and O–H groups in total. The van der Waals surface area contributed by atoms with Gasteiger partial charge in [-0.15, -0.1) is 0 Å². The van der Waals surface area contributed by atoms with Gasteiger partial charge in [-0.2, -0.15) is 0 Å². The zero-order chi connectivity index (χ0) is 52.0. The Morgan fingerprint density at radius 1 is 0.507 bits per heavy atom. The predicted octanol–water partition coefficient (Wildman–Crippen LogP) is 17.9. The van der Waals surface area contributed by atoms with Crippen molar-refractivity contribution in [1.29, 1.82) is 0 Å². The normalized spacial score (nSPS) is 14.3. The summed E-state index contributed by atoms with van der Waals surface area (Å²) in [5, 5.41) is 13.9. The number of aliphatic hydroxyl groups excluding tert-OH is 1. The number of phosphoric acid groups is 1. The summed E-state index contributed by atoms with van der Waals surface area (Å²) in [4.78, 5) is 25.5. The van der Waals surface area contributed by atoms with Crippen LogP contribution in [-0.2, 0) is 18.4 Å². The molecule has 0 saturated heterocycles. The maximum Gasteiger partial charge on any atom is 0.268 e. The Bertz CT molecular complexity index is 1340. The Hall–Kier alpha value is -1.80. The first-order valence-electron chi connectivity index (χ1n) is 30.2. The van der Waals surface area contributed by atoms with Gasteiger partial charge in [-0.05, 0) is 57.8 Å². The second-order valence-electron chi connectivity index (χ2n) is 21.7. The molecule has 3 atom stereocenters. The summed E-state index contributed by atoms with van der Waals surface area (Å²) < 4.78 is 23.3. The average Bonchev–Trinajstić information content (AvgIpc) is 3.33. The standard InChI is InChI=1S/C62H117N2O6P/c1-6-8-10-12-14-16-18-20-22-23-24-25-26-27-28-29-30-31-32-33-34-35-36-37-38-39-40-41-42-44-46-48-50-52-54-56-62(66)63-60(59-70-71(67,68)69-58-57-64(3,4)5)61(65)55-53-51-49-47-45-43-21-19-17-15-13-11-9-7-2/h8,10,14,16,20,22,24-25,53,55,60-61,65H,6-7,9,11-13,15,17-19,21,23,26-52,54,56-59H2,1-5H3,(H-,63,66,67,68)/b10-8-,16-14-,22-20-,25-24-,55-53+. The van der Waals surface area contributed by atoms with E-state index in [0.717, 1.165) is 64.2 Å². The quantitative estimate of drug-likeness (QED) is 0.0272. The maximum absolute atomic E-state index is 13.0. The molecule has 9 heteroatoms. The number of unbranched alkanes of at least 4 members (excludes halogenated alkanes) is 34. The molecule has 0 fully saturated rings. The third kappa shape index (κ3) is 55.8. The van der Waals surface area contributed by atoms with E-state index in [-0.39, 0.29) is 19.1 Å². The molecule has 0 aliphatic carbocycles. The van der Waals surface area contributed by atoms with Crippen LogP contribution in [0.2, 0.25) is 0 Å². The zero-order valence-corrected chi connectivity index (χ0v) is 48.3. The van der Waals surface area contributed by atoms with Crippen molar-refractivity contribution in [3.63, 3.8) is 0 Å². The number of aliphatic hydroxyl groups is 1. The van der Waals surface area contributed by atoms with Gasteiger partial charge in [0.1, 0.15) is 13.2 Å². The predicted molar refractivity (Wildman–Crippen MR) is 307 cm³/mol. The van der Waals surface area contributed by atoms with Crippen LogP contribution in [0.3, 0.4) is 0 Å². The van der Waals surface area contributed by atoms with E-state index in [0.29, 0.717) is 17.4 Å². The van der Waals surface area contributed by atoms with Crippen LogP contribution < -0.4 is 10.2 Å². The number of rotatable bonds is 55. The molecule has 0 aromatic rings. The molecule has 1 amide bonds. The Morgan fingerprint density at radius 2 is 0.859 bits per heavy atom. The van der Waals surface area contributed by atoms with E-state index in [1.54, 1.807) is 6.08 Å². The maximum atomic E-state index is 13.0. The van der Waals surface area contributed by atoms with Gasteiger partial charge in [0.2, 0.25) is 5.91 Å². The topological polar surface area (TPSA) is 108 Å². The van der Waals surface area contributed by atoms with Crippen LogP contribution >= 0.6 is 7.82 Å². The molecule has 0 rings (SSSR count). The summed E-state index contributed by atoms with van der Waals surface area (Å²) in [6.07, 6.45) is 71.7. The molecular formula is C62H117N2O6P. The monoisotopic (exact) mass is 1020 g/mol. The number of hydrogen-bond acceptors (Lipinski definition) is 6. The Labute approximate surface area is 441 Å². The van der Waals surface area contributed by atoms with E-state index in [9.17, 15) is 19.4 Å². The number of quaternary nitrogens is 1. The summed E-state index contributed by atoms with van der Waals surface area (Å²) in [7, 11) is 1.27. The number of amides is 1. The molecule has 3 unspecified atom stereocenters. The highest BCUT2D eigenvalue weighted by atomic mass is 31.2. The van der Waals surface area contributed by atoms with Crippen molar-refractivity contribution < 1.29 is 32.9 Å². The Morgan fingerprint density at radius 3 is 1.25 bits per heavy atom. The lowest BCUT2D eigenvalue weighted by atomic mass is 10.0. The van der Waals surface area contributed by atoms with Crippen molar-refractivity contribution in [2.75, 3.05) is 40.9 Å². The van der Waals surface area contributed by atoms with Crippen molar-refractivity contribution in [3.8, 4) is 0 Å². The average molecular weight is 1020 g/mol. The Balaban J connectivity index is 3.97. The second kappa shape index (κ2) is 53.0. The first-order chi connectivity index (χ1) is 34.5. The van der Waals surface area contributed by atoms with Crippen LogP contribution in [0.1, 0.15) is 277 Å². The van der Waals surface area contributed by atoms with Crippen LogP contribution in [0.4, 0.5) is 0 Å². The van der Waals surface area contributed by atoms with Gasteiger partial charge in [-0.3, -0.25) is 9.36 Å². The third-order valence-corrected chi connectivity index (χ3v) is 14.4. The molecule has 0 spiro atoms. The molecular weight excluding hydrogens is 900 g/mol. The highest BCUT2D eigenvalue weighted by Gasteiger charge is 2.23. The van der Waals surface area contributed by atoms with E-state index in [1.165, 1.54) is 193 Å². The fraction of sp³-hybridized carbons (Fsp3) is 0.823. The van der Waals surface area contributed by atoms with E-state index in [1.807, 2.05) is 27.2 Å². The number of carbonyl (C=O) groups is 1. The summed E-state index contributed by atoms with van der Waals surface area (Å²) in [6.45, 7) is 4.55. The number of allylic oxidation sites excluding steroid dienone is 9. The van der Waals surface area contributed by atoms with Gasteiger partial charge >= 0.3 is 0 Å². The third-order valence-electron chi connectivity index (χ3n) is 13.5. The van der Waals surface area contributed by atoms with Gasteiger partial charge < -0.3 is 28.8 Å². The minimum atomic E-state index is -4.59. The van der Waals surface area contributed by atoms with Gasteiger partial charge in [0, 0.05) is 6.42 Å². The first-order valence-corrected chi connectivity index (χ1v) is 31.6. The molecule has 0 heterocycles. The Kier molecular flexibility index (Phi) is 51.7. The van der Waals surface area contributed by atoms with Crippen molar-refractivity contribution in [3.05, 3.63) is 60.8 Å². The van der Waals surface area contributed by atoms with Gasteiger partial charge in [-0.1, -0.05) is 274 Å². The van der Waals surface area contributed by atoms with Crippen molar-refractivity contribution in [2.45, 2.75) is 289 Å². The van der Waals surface area contributed by atoms with Crippen molar-refractivity contribution in [2.24, 2.45) is 0 Å². The van der Waals surface area contributed by atoms with Crippen LogP contribution in [0.5, 0.6) is 0 Å². The summed E-state index contributed by atoms with van der Waals surface area (Å²) in [6, 6.07) is -0.885. The molecule has 0 aliphatic heterocycles. The second-order valence-corrected chi connectivity index (χ2v) is 23.1. The van der Waals surface area contributed by atoms with Crippen LogP contribution in [0.15, 0.2) is 60.8 Å². The lowest BCUT2D eigenvalue weighted by Crippen LogP contribution is -2.45. The molecule has 0 saturated carbocycles. The van der Waals surface area contributed by atoms with E-state index >= 15 is 0 Å². The van der Waals surface area contributed by atoms with E-state index in [4.69, 9.17) is 9.05 Å². The number of nitrogens with zero attached hydrogens (tertiary/aromatic N) is 1. The van der Waals surface area contributed by atoms with Gasteiger partial charge in [-0.25, -0.2) is 0 Å². The van der Waals surface area contributed by atoms with Crippen molar-refractivity contribution >= 4 is 13.7 Å². The zero-order valence-electron chi connectivity index (χ0n) is 47.4. The molecule has 0 aromatic carbocycles. The minimum Gasteiger partial charge on any atom is -0.756 e. The largest absolute Gasteiger partial charge is 0.756 e. The van der Waals surface area contributed by atoms with Gasteiger partial charge in [0.25, 0.3) is 7.82 Å². The van der Waals surface area contributed by atoms with Crippen molar-refractivity contribution in [1.82, 2.24) is 5.32 Å². The first kappa shape index (κ1) is 69.2.